The second-order valence-corrected chi connectivity index (χ2v) is 18.2. The molecule has 0 aliphatic rings. The number of carbonyl (C=O) groups excluding carboxylic acids is 2. The first-order chi connectivity index (χ1) is 29.0. The fraction of sp³-hybridized carbons (Fsp3) is 0.720. The van der Waals surface area contributed by atoms with Gasteiger partial charge in [0.05, 0.1) is 34.2 Å². The number of likely N-dealkylation sites (N-methyl/N-ethyl adjacent to an activating group) is 1. The van der Waals surface area contributed by atoms with Crippen molar-refractivity contribution < 1.29 is 42.1 Å². The van der Waals surface area contributed by atoms with Gasteiger partial charge in [0.25, 0.3) is 0 Å². The summed E-state index contributed by atoms with van der Waals surface area (Å²) in [5, 5.41) is 0. The summed E-state index contributed by atoms with van der Waals surface area (Å²) < 4.78 is 34.2. The molecule has 2 unspecified atom stereocenters. The normalized spacial score (nSPS) is 14.2. The smallest absolute Gasteiger partial charge is 0.462 e. The van der Waals surface area contributed by atoms with Gasteiger partial charge < -0.3 is 18.9 Å². The highest BCUT2D eigenvalue weighted by Gasteiger charge is 2.27. The van der Waals surface area contributed by atoms with E-state index in [0.29, 0.717) is 17.4 Å². The molecule has 346 valence electrons. The van der Waals surface area contributed by atoms with E-state index in [4.69, 9.17) is 18.5 Å². The maximum Gasteiger partial charge on any atom is 0.472 e. The van der Waals surface area contributed by atoms with Gasteiger partial charge in [0.1, 0.15) is 19.8 Å². The zero-order chi connectivity index (χ0) is 44.3. The van der Waals surface area contributed by atoms with Gasteiger partial charge in [-0.3, -0.25) is 18.6 Å². The molecular weight excluding hydrogens is 774 g/mol. The van der Waals surface area contributed by atoms with Gasteiger partial charge in [-0.15, -0.1) is 0 Å². The van der Waals surface area contributed by atoms with E-state index < -0.39 is 32.5 Å². The van der Waals surface area contributed by atoms with Gasteiger partial charge in [-0.1, -0.05) is 177 Å². The van der Waals surface area contributed by atoms with E-state index in [1.54, 1.807) is 6.08 Å². The first-order valence-corrected chi connectivity index (χ1v) is 25.2. The maximum absolute atomic E-state index is 12.6. The fourth-order valence-electron chi connectivity index (χ4n) is 6.08. The van der Waals surface area contributed by atoms with Crippen molar-refractivity contribution in [3.05, 3.63) is 72.9 Å². The lowest BCUT2D eigenvalue weighted by Gasteiger charge is -2.24. The lowest BCUT2D eigenvalue weighted by molar-refractivity contribution is -0.870. The van der Waals surface area contributed by atoms with E-state index >= 15 is 0 Å². The number of rotatable bonds is 42. The third kappa shape index (κ3) is 45.0. The molecule has 0 aromatic carbocycles. The topological polar surface area (TPSA) is 108 Å². The highest BCUT2D eigenvalue weighted by Crippen LogP contribution is 2.43. The zero-order valence-electron chi connectivity index (χ0n) is 38.9. The summed E-state index contributed by atoms with van der Waals surface area (Å²) in [6.07, 6.45) is 52.8. The molecule has 2 atom stereocenters. The molecule has 1 N–H and O–H groups in total. The molecule has 60 heavy (non-hydrogen) atoms. The Labute approximate surface area is 368 Å². The molecule has 0 saturated carbocycles. The lowest BCUT2D eigenvalue weighted by Crippen LogP contribution is -2.37. The van der Waals surface area contributed by atoms with Crippen LogP contribution in [0.2, 0.25) is 0 Å². The minimum absolute atomic E-state index is 0.00549. The molecule has 0 fully saturated rings. The van der Waals surface area contributed by atoms with Crippen molar-refractivity contribution in [2.45, 2.75) is 187 Å². The molecule has 0 saturated heterocycles. The largest absolute Gasteiger partial charge is 0.472 e. The summed E-state index contributed by atoms with van der Waals surface area (Å²) in [5.41, 5.74) is 0. The Morgan fingerprint density at radius 1 is 0.550 bits per heavy atom. The minimum Gasteiger partial charge on any atom is -0.462 e. The molecule has 0 heterocycles. The first kappa shape index (κ1) is 57.4. The highest BCUT2D eigenvalue weighted by molar-refractivity contribution is 7.47. The molecule has 0 aliphatic carbocycles. The molecule has 0 radical (unpaired) electrons. The number of nitrogens with zero attached hydrogens (tertiary/aromatic N) is 1. The molecule has 0 spiro atoms. The second-order valence-electron chi connectivity index (χ2n) is 16.8. The minimum atomic E-state index is -4.40. The molecule has 0 aliphatic heterocycles. The number of esters is 2. The van der Waals surface area contributed by atoms with Gasteiger partial charge in [0.2, 0.25) is 0 Å². The van der Waals surface area contributed by atoms with Crippen molar-refractivity contribution >= 4 is 19.8 Å². The molecule has 0 amide bonds. The summed E-state index contributed by atoms with van der Waals surface area (Å²) >= 11 is 0. The van der Waals surface area contributed by atoms with Crippen LogP contribution in [0.25, 0.3) is 0 Å². The monoisotopic (exact) mass is 863 g/mol. The number of carbonyl (C=O) groups is 2. The Kier molecular flexibility index (Phi) is 40.0. The van der Waals surface area contributed by atoms with Crippen LogP contribution in [0.1, 0.15) is 181 Å². The number of allylic oxidation sites excluding steroid dienone is 11. The molecule has 10 heteroatoms. The van der Waals surface area contributed by atoms with Crippen molar-refractivity contribution in [2.75, 3.05) is 47.5 Å². The van der Waals surface area contributed by atoms with Crippen LogP contribution in [0.5, 0.6) is 0 Å². The summed E-state index contributed by atoms with van der Waals surface area (Å²) in [6, 6.07) is 0. The van der Waals surface area contributed by atoms with Crippen LogP contribution in [0.4, 0.5) is 0 Å². The number of quaternary nitrogens is 1. The molecule has 0 rings (SSSR count). The van der Waals surface area contributed by atoms with Crippen LogP contribution in [0.3, 0.4) is 0 Å². The highest BCUT2D eigenvalue weighted by atomic mass is 31.2. The molecular formula is C50H89NO8P+. The fourth-order valence-corrected chi connectivity index (χ4v) is 6.83. The maximum atomic E-state index is 12.6. The quantitative estimate of drug-likeness (QED) is 0.0212. The summed E-state index contributed by atoms with van der Waals surface area (Å²) in [7, 11) is 1.41. The Balaban J connectivity index is 4.38. The van der Waals surface area contributed by atoms with E-state index in [0.717, 1.165) is 44.9 Å². The van der Waals surface area contributed by atoms with Crippen LogP contribution < -0.4 is 0 Å². The van der Waals surface area contributed by atoms with E-state index in [1.165, 1.54) is 103 Å². The number of phosphoric acid groups is 1. The Hall–Kier alpha value is -2.55. The van der Waals surface area contributed by atoms with Gasteiger partial charge in [-0.25, -0.2) is 4.57 Å². The van der Waals surface area contributed by atoms with Crippen molar-refractivity contribution in [2.24, 2.45) is 0 Å². The zero-order valence-corrected chi connectivity index (χ0v) is 39.8. The SMILES string of the molecule is CC/C=C\C/C=C\C/C=C\C/C=C\C/C=C\CC(=O)OC(COC(=O)CCCCCCCCCCC/C=C\CCCCCCCCCC)COP(=O)(O)OCC[N+](C)(C)C. The Bertz CT molecular complexity index is 1250. The summed E-state index contributed by atoms with van der Waals surface area (Å²) in [6.45, 7) is 4.19. The molecule has 0 bridgehead atoms. The Morgan fingerprint density at radius 3 is 1.48 bits per heavy atom. The van der Waals surface area contributed by atoms with Crippen molar-refractivity contribution in [1.29, 1.82) is 0 Å². The number of unbranched alkanes of at least 4 members (excludes halogenated alkanes) is 17. The third-order valence-corrected chi connectivity index (χ3v) is 10.7. The van der Waals surface area contributed by atoms with Crippen molar-refractivity contribution in [1.82, 2.24) is 0 Å². The van der Waals surface area contributed by atoms with Crippen LogP contribution in [-0.2, 0) is 32.7 Å². The van der Waals surface area contributed by atoms with Crippen molar-refractivity contribution in [3.63, 3.8) is 0 Å². The van der Waals surface area contributed by atoms with E-state index in [1.807, 2.05) is 33.3 Å². The van der Waals surface area contributed by atoms with Crippen LogP contribution in [-0.4, -0.2) is 74.9 Å². The van der Waals surface area contributed by atoms with Crippen LogP contribution in [0, 0.1) is 0 Å². The van der Waals surface area contributed by atoms with E-state index in [-0.39, 0.29) is 26.1 Å². The number of phosphoric ester groups is 1. The number of ether oxygens (including phenoxy) is 2. The van der Waals surface area contributed by atoms with Crippen molar-refractivity contribution in [3.8, 4) is 0 Å². The van der Waals surface area contributed by atoms with Gasteiger partial charge in [0.15, 0.2) is 6.10 Å². The van der Waals surface area contributed by atoms with E-state index in [9.17, 15) is 19.0 Å². The van der Waals surface area contributed by atoms with Crippen LogP contribution >= 0.6 is 7.82 Å². The lowest BCUT2D eigenvalue weighted by atomic mass is 10.1. The standard InChI is InChI=1S/C50H88NO8P/c1-6-8-10-12-14-16-18-20-22-23-24-25-26-27-29-30-32-34-36-38-40-42-49(52)56-46-48(47-58-60(54,55)57-45-44-51(3,4)5)59-50(53)43-41-39-37-35-33-31-28-21-19-17-15-13-11-9-7-2/h9,11,15,17,21,23-24,28,33,35,39,41,48H,6-8,10,12-14,16,18-20,22,25-27,29-32,34,36-38,40,42-47H2,1-5H3/p+1/b11-9-,17-15-,24-23-,28-21-,35-33-,41-39-. The average Bonchev–Trinajstić information content (AvgIpc) is 3.20. The predicted molar refractivity (Wildman–Crippen MR) is 252 cm³/mol. The van der Waals surface area contributed by atoms with Gasteiger partial charge in [-0.05, 0) is 64.2 Å². The first-order valence-electron chi connectivity index (χ1n) is 23.7. The summed E-state index contributed by atoms with van der Waals surface area (Å²) in [4.78, 5) is 35.4. The molecule has 0 aromatic heterocycles. The van der Waals surface area contributed by atoms with Crippen LogP contribution in [0.15, 0.2) is 72.9 Å². The number of hydrogen-bond acceptors (Lipinski definition) is 7. The summed E-state index contributed by atoms with van der Waals surface area (Å²) in [5.74, 6) is -0.951. The third-order valence-electron chi connectivity index (χ3n) is 9.75. The Morgan fingerprint density at radius 2 is 1.00 bits per heavy atom. The molecule has 0 aromatic rings. The predicted octanol–water partition coefficient (Wildman–Crippen LogP) is 13.8. The second kappa shape index (κ2) is 41.8. The molecule has 9 nitrogen and oxygen atoms in total. The van der Waals surface area contributed by atoms with Gasteiger partial charge in [0, 0.05) is 6.42 Å². The van der Waals surface area contributed by atoms with Gasteiger partial charge >= 0.3 is 19.8 Å². The average molecular weight is 863 g/mol. The van der Waals surface area contributed by atoms with E-state index in [2.05, 4.69) is 68.5 Å². The van der Waals surface area contributed by atoms with Gasteiger partial charge in [-0.2, -0.15) is 0 Å². The number of hydrogen-bond donors (Lipinski definition) is 1.